The molecule has 0 radical (unpaired) electrons. The third-order valence-corrected chi connectivity index (χ3v) is 5.71. The van der Waals surface area contributed by atoms with Crippen LogP contribution >= 0.6 is 0 Å². The molecule has 1 heterocycles. The minimum atomic E-state index is -3.87. The lowest BCUT2D eigenvalue weighted by molar-refractivity contribution is 0.0515. The highest BCUT2D eigenvalue weighted by molar-refractivity contribution is 7.89. The van der Waals surface area contributed by atoms with Gasteiger partial charge in [0, 0.05) is 24.8 Å². The van der Waals surface area contributed by atoms with Crippen LogP contribution in [-0.2, 0) is 10.0 Å². The lowest BCUT2D eigenvalue weighted by Gasteiger charge is -2.37. The quantitative estimate of drug-likeness (QED) is 0.863. The Kier molecular flexibility index (Phi) is 5.13. The van der Waals surface area contributed by atoms with Crippen molar-refractivity contribution in [3.8, 4) is 0 Å². The first-order valence-electron chi connectivity index (χ1n) is 7.71. The minimum Gasteiger partial charge on any atom is -0.396 e. The number of nitrogens with two attached hydrogens (primary N) is 1. The number of hydrogen-bond acceptors (Lipinski definition) is 4. The molecular weight excluding hydrogens is 316 g/mol. The Morgan fingerprint density at radius 1 is 1.39 bits per heavy atom. The lowest BCUT2D eigenvalue weighted by atomic mass is 9.91. The number of aliphatic hydroxyl groups excluding tert-OH is 1. The number of nitrogens with zero attached hydrogens (tertiary/aromatic N) is 1. The topological polar surface area (TPSA) is 101 Å². The molecule has 3 N–H and O–H groups in total. The summed E-state index contributed by atoms with van der Waals surface area (Å²) in [7, 11) is -3.87. The Labute approximate surface area is 137 Å². The van der Waals surface area contributed by atoms with Crippen LogP contribution in [0.5, 0.6) is 0 Å². The summed E-state index contributed by atoms with van der Waals surface area (Å²) in [5.74, 6) is 0.0238. The van der Waals surface area contributed by atoms with E-state index in [-0.39, 0.29) is 29.4 Å². The zero-order valence-electron chi connectivity index (χ0n) is 13.7. The molecule has 1 aliphatic heterocycles. The van der Waals surface area contributed by atoms with E-state index in [2.05, 4.69) is 0 Å². The van der Waals surface area contributed by atoms with E-state index in [9.17, 15) is 18.3 Å². The molecule has 7 heteroatoms. The molecule has 1 aliphatic rings. The number of aryl methyl sites for hydroxylation is 1. The maximum Gasteiger partial charge on any atom is 0.254 e. The van der Waals surface area contributed by atoms with Crippen molar-refractivity contribution < 1.29 is 18.3 Å². The van der Waals surface area contributed by atoms with Crippen molar-refractivity contribution in [2.24, 2.45) is 11.1 Å². The Hall–Kier alpha value is -1.44. The minimum absolute atomic E-state index is 0.00116. The fourth-order valence-electron chi connectivity index (χ4n) is 3.15. The van der Waals surface area contributed by atoms with Crippen LogP contribution in [0.25, 0.3) is 0 Å². The van der Waals surface area contributed by atoms with E-state index in [4.69, 9.17) is 5.14 Å². The summed E-state index contributed by atoms with van der Waals surface area (Å²) in [5, 5.41) is 14.5. The zero-order chi connectivity index (χ0) is 17.4. The lowest BCUT2D eigenvalue weighted by Crippen LogP contribution is -2.45. The Morgan fingerprint density at radius 3 is 2.57 bits per heavy atom. The highest BCUT2D eigenvalue weighted by Gasteiger charge is 2.30. The normalized spacial score (nSPS) is 22.2. The molecule has 23 heavy (non-hydrogen) atoms. The molecule has 0 aromatic heterocycles. The summed E-state index contributed by atoms with van der Waals surface area (Å²) in [5.41, 5.74) is 1.63. The molecule has 1 saturated heterocycles. The molecule has 2 rings (SSSR count). The molecule has 1 aromatic carbocycles. The second-order valence-corrected chi connectivity index (χ2v) is 7.91. The summed E-state index contributed by atoms with van der Waals surface area (Å²) in [4.78, 5) is 14.5. The number of benzene rings is 1. The van der Waals surface area contributed by atoms with Gasteiger partial charge >= 0.3 is 0 Å². The van der Waals surface area contributed by atoms with Gasteiger partial charge in [0.1, 0.15) is 0 Å². The van der Waals surface area contributed by atoms with Gasteiger partial charge < -0.3 is 10.0 Å². The van der Waals surface area contributed by atoms with Gasteiger partial charge in [0.25, 0.3) is 5.91 Å². The van der Waals surface area contributed by atoms with E-state index in [0.29, 0.717) is 17.7 Å². The highest BCUT2D eigenvalue weighted by atomic mass is 32.2. The van der Waals surface area contributed by atoms with Crippen LogP contribution in [0.3, 0.4) is 0 Å². The molecule has 0 bridgehead atoms. The van der Waals surface area contributed by atoms with E-state index in [1.54, 1.807) is 24.8 Å². The number of amides is 1. The fourth-order valence-corrected chi connectivity index (χ4v) is 4.03. The summed E-state index contributed by atoms with van der Waals surface area (Å²) in [6.07, 6.45) is 1.49. The van der Waals surface area contributed by atoms with E-state index in [0.717, 1.165) is 18.4 Å². The maximum absolute atomic E-state index is 12.8. The predicted octanol–water partition coefficient (Wildman–Crippen LogP) is 1.18. The Morgan fingerprint density at radius 2 is 2.04 bits per heavy atom. The van der Waals surface area contributed by atoms with Gasteiger partial charge in [-0.2, -0.15) is 0 Å². The monoisotopic (exact) mass is 340 g/mol. The van der Waals surface area contributed by atoms with Crippen molar-refractivity contribution in [2.75, 3.05) is 13.2 Å². The molecule has 0 saturated carbocycles. The van der Waals surface area contributed by atoms with Crippen LogP contribution in [0.1, 0.15) is 41.3 Å². The first kappa shape index (κ1) is 17.9. The van der Waals surface area contributed by atoms with Gasteiger partial charge in [-0.25, -0.2) is 13.6 Å². The zero-order valence-corrected chi connectivity index (χ0v) is 14.6. The Balaban J connectivity index is 2.35. The van der Waals surface area contributed by atoms with Crippen LogP contribution in [0.2, 0.25) is 0 Å². The molecule has 0 aliphatic carbocycles. The van der Waals surface area contributed by atoms with Gasteiger partial charge in [-0.15, -0.1) is 0 Å². The first-order valence-corrected chi connectivity index (χ1v) is 9.25. The average molecular weight is 340 g/mol. The fraction of sp³-hybridized carbons (Fsp3) is 0.562. The summed E-state index contributed by atoms with van der Waals surface area (Å²) in [6, 6.07) is 3.08. The molecule has 128 valence electrons. The first-order chi connectivity index (χ1) is 10.6. The van der Waals surface area contributed by atoms with Crippen molar-refractivity contribution in [1.29, 1.82) is 0 Å². The number of rotatable bonds is 3. The van der Waals surface area contributed by atoms with Crippen molar-refractivity contribution in [2.45, 2.75) is 44.6 Å². The van der Waals surface area contributed by atoms with E-state index in [1.165, 1.54) is 6.07 Å². The van der Waals surface area contributed by atoms with E-state index in [1.807, 2.05) is 6.92 Å². The van der Waals surface area contributed by atoms with Crippen LogP contribution in [0.4, 0.5) is 0 Å². The number of likely N-dealkylation sites (tertiary alicyclic amines) is 1. The van der Waals surface area contributed by atoms with Crippen LogP contribution < -0.4 is 5.14 Å². The SMILES string of the molecule is Cc1cc(C(=O)N2CC[C@H](CO)C[C@@H]2C)cc(S(N)(=O)=O)c1C. The molecule has 2 atom stereocenters. The van der Waals surface area contributed by atoms with Crippen molar-refractivity contribution in [3.63, 3.8) is 0 Å². The number of carbonyl (C=O) groups excluding carboxylic acids is 1. The predicted molar refractivity (Wildman–Crippen MR) is 87.6 cm³/mol. The standard InChI is InChI=1S/C16H24N2O4S/c1-10-6-14(8-15(12(10)3)23(17,21)22)16(20)18-5-4-13(9-19)7-11(18)2/h6,8,11,13,19H,4-5,7,9H2,1-3H3,(H2,17,21,22)/t11-,13-/m0/s1. The second-order valence-electron chi connectivity index (χ2n) is 6.38. The molecule has 1 aromatic rings. The van der Waals surface area contributed by atoms with Gasteiger partial charge in [0.15, 0.2) is 0 Å². The van der Waals surface area contributed by atoms with Crippen molar-refractivity contribution >= 4 is 15.9 Å². The molecular formula is C16H24N2O4S. The second kappa shape index (κ2) is 6.59. The van der Waals surface area contributed by atoms with Crippen molar-refractivity contribution in [1.82, 2.24) is 4.90 Å². The number of carbonyl (C=O) groups is 1. The molecule has 1 fully saturated rings. The summed E-state index contributed by atoms with van der Waals surface area (Å²) >= 11 is 0. The Bertz CT molecular complexity index is 715. The van der Waals surface area contributed by atoms with Gasteiger partial charge in [-0.05, 0) is 62.8 Å². The number of hydrogen-bond donors (Lipinski definition) is 2. The number of primary sulfonamides is 1. The van der Waals surface area contributed by atoms with E-state index >= 15 is 0 Å². The van der Waals surface area contributed by atoms with E-state index < -0.39 is 10.0 Å². The number of aliphatic hydroxyl groups is 1. The highest BCUT2D eigenvalue weighted by Crippen LogP contribution is 2.26. The molecule has 0 unspecified atom stereocenters. The van der Waals surface area contributed by atoms with Gasteiger partial charge in [-0.3, -0.25) is 4.79 Å². The van der Waals surface area contributed by atoms with Gasteiger partial charge in [-0.1, -0.05) is 0 Å². The summed E-state index contributed by atoms with van der Waals surface area (Å²) < 4.78 is 23.5. The van der Waals surface area contributed by atoms with Gasteiger partial charge in [0.05, 0.1) is 4.90 Å². The van der Waals surface area contributed by atoms with Crippen LogP contribution in [0, 0.1) is 19.8 Å². The molecule has 0 spiro atoms. The number of piperidine rings is 1. The van der Waals surface area contributed by atoms with Crippen LogP contribution in [0.15, 0.2) is 17.0 Å². The van der Waals surface area contributed by atoms with Crippen LogP contribution in [-0.4, -0.2) is 43.5 Å². The van der Waals surface area contributed by atoms with Crippen molar-refractivity contribution in [3.05, 3.63) is 28.8 Å². The number of sulfonamides is 1. The average Bonchev–Trinajstić information content (AvgIpc) is 2.47. The maximum atomic E-state index is 12.8. The molecule has 6 nitrogen and oxygen atoms in total. The largest absolute Gasteiger partial charge is 0.396 e. The smallest absolute Gasteiger partial charge is 0.254 e. The third-order valence-electron chi connectivity index (χ3n) is 4.68. The molecule has 1 amide bonds. The summed E-state index contributed by atoms with van der Waals surface area (Å²) in [6.45, 7) is 6.08. The third kappa shape index (κ3) is 3.73. The van der Waals surface area contributed by atoms with Gasteiger partial charge in [0.2, 0.25) is 10.0 Å².